The molecular weight excluding hydrogens is 350 g/mol. The van der Waals surface area contributed by atoms with Gasteiger partial charge in [0.15, 0.2) is 5.76 Å². The summed E-state index contributed by atoms with van der Waals surface area (Å²) in [5.74, 6) is 0.400. The van der Waals surface area contributed by atoms with Crippen LogP contribution in [-0.4, -0.2) is 16.0 Å². The molecule has 0 bridgehead atoms. The fraction of sp³-hybridized carbons (Fsp3) is 0.0526. The highest BCUT2D eigenvalue weighted by Gasteiger charge is 2.19. The van der Waals surface area contributed by atoms with E-state index in [2.05, 4.69) is 10.5 Å². The average molecular weight is 363 g/mol. The van der Waals surface area contributed by atoms with Crippen LogP contribution < -0.4 is 5.32 Å². The number of furan rings is 1. The molecule has 2 aromatic carbocycles. The molecule has 0 saturated heterocycles. The van der Waals surface area contributed by atoms with E-state index < -0.39 is 10.8 Å². The maximum Gasteiger partial charge on any atom is 0.282 e. The molecule has 2 heterocycles. The molecule has 0 saturated carbocycles. The minimum absolute atomic E-state index is 0.0106. The molecule has 0 spiro atoms. The number of para-hydroxylation sites is 2. The van der Waals surface area contributed by atoms with E-state index in [1.54, 1.807) is 12.1 Å². The van der Waals surface area contributed by atoms with Crippen molar-refractivity contribution in [3.05, 3.63) is 82.0 Å². The van der Waals surface area contributed by atoms with Crippen LogP contribution in [0.15, 0.2) is 69.6 Å². The van der Waals surface area contributed by atoms with Crippen LogP contribution in [0.4, 0.5) is 5.69 Å². The molecule has 1 N–H and O–H groups in total. The number of nitro groups is 1. The first-order valence-electron chi connectivity index (χ1n) is 8.08. The number of carbonyl (C=O) groups excluding carboxylic acids is 1. The van der Waals surface area contributed by atoms with Crippen LogP contribution in [-0.2, 0) is 6.54 Å². The lowest BCUT2D eigenvalue weighted by Crippen LogP contribution is -2.23. The fourth-order valence-corrected chi connectivity index (χ4v) is 2.71. The third-order valence-corrected chi connectivity index (χ3v) is 4.00. The standard InChI is InChI=1S/C19H13N3O5/c23-19(14-6-2-3-7-15(14)22(24)25)20-11-13-10-18(27-21-13)17-9-12-5-1-4-8-16(12)26-17/h1-10H,11H2,(H,20,23). The molecule has 2 aromatic heterocycles. The van der Waals surface area contributed by atoms with Crippen molar-refractivity contribution in [3.8, 4) is 11.5 Å². The van der Waals surface area contributed by atoms with Gasteiger partial charge in [0.05, 0.1) is 11.5 Å². The van der Waals surface area contributed by atoms with E-state index in [-0.39, 0.29) is 17.8 Å². The molecule has 1 amide bonds. The van der Waals surface area contributed by atoms with Gasteiger partial charge in [0.25, 0.3) is 11.6 Å². The first-order chi connectivity index (χ1) is 13.1. The lowest BCUT2D eigenvalue weighted by Gasteiger charge is -2.03. The first-order valence-corrected chi connectivity index (χ1v) is 8.08. The maximum absolute atomic E-state index is 12.2. The van der Waals surface area contributed by atoms with Crippen molar-refractivity contribution in [2.45, 2.75) is 6.54 Å². The Labute approximate surface area is 152 Å². The van der Waals surface area contributed by atoms with Crippen molar-refractivity contribution < 1.29 is 18.7 Å². The number of benzene rings is 2. The summed E-state index contributed by atoms with van der Waals surface area (Å²) in [6, 6.07) is 16.8. The zero-order valence-electron chi connectivity index (χ0n) is 13.9. The number of nitrogens with one attached hydrogen (secondary N) is 1. The smallest absolute Gasteiger partial charge is 0.282 e. The average Bonchev–Trinajstić information content (AvgIpc) is 3.32. The summed E-state index contributed by atoms with van der Waals surface area (Å²) < 4.78 is 11.0. The number of carbonyl (C=O) groups is 1. The molecule has 4 rings (SSSR count). The Balaban J connectivity index is 1.48. The lowest BCUT2D eigenvalue weighted by atomic mass is 10.1. The van der Waals surface area contributed by atoms with E-state index in [0.29, 0.717) is 17.2 Å². The van der Waals surface area contributed by atoms with Crippen molar-refractivity contribution in [3.63, 3.8) is 0 Å². The highest BCUT2D eigenvalue weighted by molar-refractivity contribution is 5.98. The van der Waals surface area contributed by atoms with Gasteiger partial charge < -0.3 is 14.3 Å². The molecule has 27 heavy (non-hydrogen) atoms. The summed E-state index contributed by atoms with van der Waals surface area (Å²) in [7, 11) is 0. The minimum atomic E-state index is -0.593. The predicted molar refractivity (Wildman–Crippen MR) is 96.0 cm³/mol. The van der Waals surface area contributed by atoms with Gasteiger partial charge >= 0.3 is 0 Å². The van der Waals surface area contributed by atoms with Gasteiger partial charge in [-0.15, -0.1) is 0 Å². The third-order valence-electron chi connectivity index (χ3n) is 4.00. The number of hydrogen-bond donors (Lipinski definition) is 1. The second-order valence-corrected chi connectivity index (χ2v) is 5.79. The molecule has 0 aliphatic rings. The summed E-state index contributed by atoms with van der Waals surface area (Å²) in [5, 5.41) is 18.5. The van der Waals surface area contributed by atoms with Gasteiger partial charge in [0, 0.05) is 17.5 Å². The van der Waals surface area contributed by atoms with Crippen molar-refractivity contribution in [2.24, 2.45) is 0 Å². The zero-order valence-corrected chi connectivity index (χ0v) is 13.9. The molecule has 0 fully saturated rings. The highest BCUT2D eigenvalue weighted by atomic mass is 16.6. The maximum atomic E-state index is 12.2. The van der Waals surface area contributed by atoms with E-state index in [0.717, 1.165) is 11.0 Å². The largest absolute Gasteiger partial charge is 0.453 e. The molecule has 134 valence electrons. The highest BCUT2D eigenvalue weighted by Crippen LogP contribution is 2.28. The van der Waals surface area contributed by atoms with Gasteiger partial charge in [-0.3, -0.25) is 14.9 Å². The molecule has 0 unspecified atom stereocenters. The molecular formula is C19H13N3O5. The fourth-order valence-electron chi connectivity index (χ4n) is 2.71. The molecule has 0 radical (unpaired) electrons. The second kappa shape index (κ2) is 6.75. The summed E-state index contributed by atoms with van der Waals surface area (Å²) in [6.45, 7) is 0.0641. The van der Waals surface area contributed by atoms with E-state index in [4.69, 9.17) is 8.94 Å². The Morgan fingerprint density at radius 3 is 2.67 bits per heavy atom. The van der Waals surface area contributed by atoms with Gasteiger partial charge in [0.2, 0.25) is 5.76 Å². The van der Waals surface area contributed by atoms with Crippen LogP contribution in [0, 0.1) is 10.1 Å². The van der Waals surface area contributed by atoms with E-state index in [1.165, 1.54) is 18.2 Å². The molecule has 0 aliphatic carbocycles. The van der Waals surface area contributed by atoms with Crippen molar-refractivity contribution in [1.82, 2.24) is 10.5 Å². The zero-order chi connectivity index (χ0) is 18.8. The number of aromatic nitrogens is 1. The van der Waals surface area contributed by atoms with Crippen molar-refractivity contribution in [1.29, 1.82) is 0 Å². The number of nitrogens with zero attached hydrogens (tertiary/aromatic N) is 2. The normalized spacial score (nSPS) is 10.8. The van der Waals surface area contributed by atoms with Crippen LogP contribution in [0.1, 0.15) is 16.1 Å². The van der Waals surface area contributed by atoms with E-state index >= 15 is 0 Å². The molecule has 8 heteroatoms. The van der Waals surface area contributed by atoms with E-state index in [9.17, 15) is 14.9 Å². The number of hydrogen-bond acceptors (Lipinski definition) is 6. The SMILES string of the molecule is O=C(NCc1cc(-c2cc3ccccc3o2)on1)c1ccccc1[N+](=O)[O-]. The number of fused-ring (bicyclic) bond motifs is 1. The van der Waals surface area contributed by atoms with Crippen LogP contribution in [0.25, 0.3) is 22.5 Å². The molecule has 0 atom stereocenters. The van der Waals surface area contributed by atoms with Crippen LogP contribution >= 0.6 is 0 Å². The number of amides is 1. The second-order valence-electron chi connectivity index (χ2n) is 5.79. The summed E-state index contributed by atoms with van der Waals surface area (Å²) >= 11 is 0. The van der Waals surface area contributed by atoms with Crippen LogP contribution in [0.3, 0.4) is 0 Å². The van der Waals surface area contributed by atoms with Crippen molar-refractivity contribution in [2.75, 3.05) is 0 Å². The summed E-state index contributed by atoms with van der Waals surface area (Å²) in [4.78, 5) is 22.7. The Morgan fingerprint density at radius 2 is 1.85 bits per heavy atom. The lowest BCUT2D eigenvalue weighted by molar-refractivity contribution is -0.385. The van der Waals surface area contributed by atoms with Crippen LogP contribution in [0.5, 0.6) is 0 Å². The molecule has 0 aliphatic heterocycles. The molecule has 4 aromatic rings. The van der Waals surface area contributed by atoms with Crippen molar-refractivity contribution >= 4 is 22.6 Å². The van der Waals surface area contributed by atoms with Crippen LogP contribution in [0.2, 0.25) is 0 Å². The third kappa shape index (κ3) is 3.28. The predicted octanol–water partition coefficient (Wildman–Crippen LogP) is 3.93. The summed E-state index contributed by atoms with van der Waals surface area (Å²) in [5.41, 5.74) is 0.939. The number of nitro benzene ring substituents is 1. The minimum Gasteiger partial charge on any atom is -0.453 e. The van der Waals surface area contributed by atoms with E-state index in [1.807, 2.05) is 30.3 Å². The summed E-state index contributed by atoms with van der Waals surface area (Å²) in [6.07, 6.45) is 0. The quantitative estimate of drug-likeness (QED) is 0.425. The monoisotopic (exact) mass is 363 g/mol. The Bertz CT molecular complexity index is 1110. The van der Waals surface area contributed by atoms with Gasteiger partial charge in [-0.1, -0.05) is 35.5 Å². The Morgan fingerprint density at radius 1 is 1.07 bits per heavy atom. The van der Waals surface area contributed by atoms with Gasteiger partial charge in [0.1, 0.15) is 16.8 Å². The topological polar surface area (TPSA) is 111 Å². The Hall–Kier alpha value is -3.94. The van der Waals surface area contributed by atoms with Gasteiger partial charge in [-0.2, -0.15) is 0 Å². The molecule has 8 nitrogen and oxygen atoms in total. The first kappa shape index (κ1) is 16.5. The van der Waals surface area contributed by atoms with Gasteiger partial charge in [-0.05, 0) is 18.2 Å². The Kier molecular flexibility index (Phi) is 4.13. The van der Waals surface area contributed by atoms with Gasteiger partial charge in [-0.25, -0.2) is 0 Å². The number of rotatable bonds is 5.